The molecule has 0 aliphatic heterocycles. The molecule has 0 bridgehead atoms. The number of carbonyl (C=O) groups is 2. The fourth-order valence-corrected chi connectivity index (χ4v) is 1.41. The zero-order chi connectivity index (χ0) is 13.1. The van der Waals surface area contributed by atoms with Gasteiger partial charge in [-0.2, -0.15) is 0 Å². The van der Waals surface area contributed by atoms with Gasteiger partial charge in [-0.25, -0.2) is 14.6 Å². The van der Waals surface area contributed by atoms with Crippen molar-refractivity contribution in [2.45, 2.75) is 0 Å². The monoisotopic (exact) mass is 250 g/mol. The van der Waals surface area contributed by atoms with E-state index in [-0.39, 0.29) is 5.95 Å². The van der Waals surface area contributed by atoms with Crippen molar-refractivity contribution in [1.29, 1.82) is 0 Å². The van der Waals surface area contributed by atoms with Gasteiger partial charge in [0, 0.05) is 0 Å². The minimum Gasteiger partial charge on any atom is -0.453 e. The van der Waals surface area contributed by atoms with Crippen molar-refractivity contribution in [1.82, 2.24) is 9.71 Å². The third-order valence-corrected chi connectivity index (χ3v) is 2.10. The van der Waals surface area contributed by atoms with Crippen molar-refractivity contribution in [3.63, 3.8) is 0 Å². The first-order valence-electron chi connectivity index (χ1n) is 4.92. The van der Waals surface area contributed by atoms with Gasteiger partial charge in [0.05, 0.1) is 12.6 Å². The number of nitrogens with two attached hydrogens (primary N) is 1. The number of anilines is 1. The molecule has 1 aromatic carbocycles. The van der Waals surface area contributed by atoms with E-state index in [1.54, 1.807) is 24.3 Å². The third kappa shape index (κ3) is 2.17. The Morgan fingerprint density at radius 3 is 2.78 bits per heavy atom. The number of nitrogens with one attached hydrogen (secondary N) is 1. The topological polar surface area (TPSA) is 108 Å². The molecule has 18 heavy (non-hydrogen) atoms. The molecule has 0 aliphatic carbocycles. The molecule has 3 N–H and O–H groups in total. The van der Waals surface area contributed by atoms with Crippen LogP contribution >= 0.6 is 0 Å². The molecule has 2 aromatic rings. The van der Waals surface area contributed by atoms with Gasteiger partial charge >= 0.3 is 12.2 Å². The number of para-hydroxylation sites is 2. The molecule has 1 aromatic heterocycles. The zero-order valence-electron chi connectivity index (χ0n) is 9.41. The molecular weight excluding hydrogens is 240 g/mol. The van der Waals surface area contributed by atoms with Crippen LogP contribution in [0.3, 0.4) is 0 Å². The maximum absolute atomic E-state index is 11.1. The number of methoxy groups -OCH3 is 1. The first kappa shape index (κ1) is 11.7. The quantitative estimate of drug-likeness (QED) is 0.816. The minimum absolute atomic E-state index is 0.00171. The molecule has 0 fully saturated rings. The number of imidazole rings is 1. The van der Waals surface area contributed by atoms with Crippen molar-refractivity contribution in [3.8, 4) is 0 Å². The highest BCUT2D eigenvalue weighted by atomic mass is 16.7. The number of aromatic nitrogens is 2. The maximum atomic E-state index is 11.1. The van der Waals surface area contributed by atoms with Crippen molar-refractivity contribution >= 4 is 29.2 Å². The number of rotatable bonds is 2. The molecule has 0 atom stereocenters. The molecule has 8 nitrogen and oxygen atoms in total. The average Bonchev–Trinajstić information content (AvgIpc) is 2.67. The van der Waals surface area contributed by atoms with E-state index in [0.29, 0.717) is 11.0 Å². The van der Waals surface area contributed by atoms with Crippen molar-refractivity contribution in [3.05, 3.63) is 24.3 Å². The Bertz CT molecular complexity index is 607. The highest BCUT2D eigenvalue weighted by Gasteiger charge is 2.15. The van der Waals surface area contributed by atoms with Gasteiger partial charge in [-0.1, -0.05) is 12.1 Å². The fourth-order valence-electron chi connectivity index (χ4n) is 1.41. The molecule has 2 amide bonds. The smallest absolute Gasteiger partial charge is 0.429 e. The molecule has 0 unspecified atom stereocenters. The Labute approximate surface area is 101 Å². The summed E-state index contributed by atoms with van der Waals surface area (Å²) in [5.74, 6) is 0.00171. The Kier molecular flexibility index (Phi) is 3.00. The van der Waals surface area contributed by atoms with E-state index in [1.807, 2.05) is 0 Å². The molecule has 0 radical (unpaired) electrons. The van der Waals surface area contributed by atoms with E-state index in [9.17, 15) is 9.59 Å². The fraction of sp³-hybridized carbons (Fsp3) is 0.100. The summed E-state index contributed by atoms with van der Waals surface area (Å²) in [6, 6.07) is 6.84. The van der Waals surface area contributed by atoms with E-state index >= 15 is 0 Å². The minimum atomic E-state index is -1.02. The summed E-state index contributed by atoms with van der Waals surface area (Å²) in [4.78, 5) is 30.8. The zero-order valence-corrected chi connectivity index (χ0v) is 9.41. The van der Waals surface area contributed by atoms with Gasteiger partial charge in [-0.3, -0.25) is 5.32 Å². The highest BCUT2D eigenvalue weighted by molar-refractivity contribution is 5.87. The molecule has 94 valence electrons. The predicted octanol–water partition coefficient (Wildman–Crippen LogP) is 0.722. The highest BCUT2D eigenvalue weighted by Crippen LogP contribution is 2.18. The Balaban J connectivity index is 2.49. The second kappa shape index (κ2) is 4.62. The number of hydrogen-bond donors (Lipinski definition) is 2. The first-order valence-corrected chi connectivity index (χ1v) is 4.92. The molecule has 0 spiro atoms. The summed E-state index contributed by atoms with van der Waals surface area (Å²) in [6.07, 6.45) is -1.76. The van der Waals surface area contributed by atoms with Crippen LogP contribution in [0.5, 0.6) is 0 Å². The number of benzene rings is 1. The first-order chi connectivity index (χ1) is 8.61. The summed E-state index contributed by atoms with van der Waals surface area (Å²) in [5.41, 5.74) is 5.97. The normalized spacial score (nSPS) is 10.1. The van der Waals surface area contributed by atoms with E-state index in [0.717, 1.165) is 4.73 Å². The third-order valence-electron chi connectivity index (χ3n) is 2.10. The Hall–Kier alpha value is -2.77. The number of carbonyl (C=O) groups excluding carboxylic acids is 2. The molecule has 1 heterocycles. The van der Waals surface area contributed by atoms with Gasteiger partial charge in [-0.15, -0.1) is 4.73 Å². The van der Waals surface area contributed by atoms with Crippen LogP contribution in [0.1, 0.15) is 0 Å². The van der Waals surface area contributed by atoms with Crippen molar-refractivity contribution < 1.29 is 19.2 Å². The lowest BCUT2D eigenvalue weighted by atomic mass is 10.3. The predicted molar refractivity (Wildman–Crippen MR) is 61.9 cm³/mol. The van der Waals surface area contributed by atoms with Gasteiger partial charge in [0.1, 0.15) is 5.52 Å². The van der Waals surface area contributed by atoms with E-state index in [4.69, 9.17) is 10.6 Å². The van der Waals surface area contributed by atoms with Crippen LogP contribution < -0.4 is 15.9 Å². The number of nitrogens with zero attached hydrogens (tertiary/aromatic N) is 2. The van der Waals surface area contributed by atoms with Gasteiger partial charge in [0.25, 0.3) is 0 Å². The standard InChI is InChI=1S/C10H10N4O4/c1-17-10(16)13-9-12-6-4-2-3-5-7(6)14(9)18-8(11)15/h2-5H,1H3,(H2,11,15)(H,12,13,16). The summed E-state index contributed by atoms with van der Waals surface area (Å²) < 4.78 is 5.46. The van der Waals surface area contributed by atoms with Crippen LogP contribution in [0.4, 0.5) is 15.5 Å². The number of fused-ring (bicyclic) bond motifs is 1. The largest absolute Gasteiger partial charge is 0.453 e. The van der Waals surface area contributed by atoms with E-state index in [1.165, 1.54) is 7.11 Å². The van der Waals surface area contributed by atoms with E-state index in [2.05, 4.69) is 15.0 Å². The van der Waals surface area contributed by atoms with Gasteiger partial charge in [0.15, 0.2) is 0 Å². The van der Waals surface area contributed by atoms with Crippen molar-refractivity contribution in [2.24, 2.45) is 5.73 Å². The number of amides is 2. The number of hydrogen-bond acceptors (Lipinski definition) is 5. The summed E-state index contributed by atoms with van der Waals surface area (Å²) in [6.45, 7) is 0. The number of ether oxygens (including phenoxy) is 1. The summed E-state index contributed by atoms with van der Waals surface area (Å²) in [7, 11) is 1.21. The van der Waals surface area contributed by atoms with Gasteiger partial charge < -0.3 is 15.3 Å². The van der Waals surface area contributed by atoms with Crippen LogP contribution in [-0.4, -0.2) is 29.0 Å². The van der Waals surface area contributed by atoms with Crippen molar-refractivity contribution in [2.75, 3.05) is 12.4 Å². The second-order valence-corrected chi connectivity index (χ2v) is 3.25. The Morgan fingerprint density at radius 1 is 1.39 bits per heavy atom. The van der Waals surface area contributed by atoms with Crippen LogP contribution in [-0.2, 0) is 4.74 Å². The molecule has 0 saturated carbocycles. The lowest BCUT2D eigenvalue weighted by molar-refractivity contribution is 0.149. The Morgan fingerprint density at radius 2 is 2.11 bits per heavy atom. The lowest BCUT2D eigenvalue weighted by Gasteiger charge is -2.06. The van der Waals surface area contributed by atoms with Gasteiger partial charge in [-0.05, 0) is 12.1 Å². The van der Waals surface area contributed by atoms with Crippen LogP contribution in [0, 0.1) is 0 Å². The maximum Gasteiger partial charge on any atom is 0.429 e. The average molecular weight is 250 g/mol. The summed E-state index contributed by atoms with van der Waals surface area (Å²) in [5, 5.41) is 2.31. The summed E-state index contributed by atoms with van der Waals surface area (Å²) >= 11 is 0. The molecule has 0 aliphatic rings. The van der Waals surface area contributed by atoms with E-state index < -0.39 is 12.2 Å². The SMILES string of the molecule is COC(=O)Nc1nc2ccccc2n1OC(N)=O. The second-order valence-electron chi connectivity index (χ2n) is 3.25. The van der Waals surface area contributed by atoms with Crippen LogP contribution in [0.25, 0.3) is 11.0 Å². The number of primary amides is 1. The van der Waals surface area contributed by atoms with Crippen LogP contribution in [0.15, 0.2) is 24.3 Å². The molecule has 2 rings (SSSR count). The van der Waals surface area contributed by atoms with Gasteiger partial charge in [0.2, 0.25) is 5.95 Å². The van der Waals surface area contributed by atoms with Crippen LogP contribution in [0.2, 0.25) is 0 Å². The molecular formula is C10H10N4O4. The molecule has 8 heteroatoms. The lowest BCUT2D eigenvalue weighted by Crippen LogP contribution is -2.27. The molecule has 0 saturated heterocycles.